The van der Waals surface area contributed by atoms with Crippen LogP contribution in [0.1, 0.15) is 40.8 Å². The summed E-state index contributed by atoms with van der Waals surface area (Å²) in [6.45, 7) is 0.200. The van der Waals surface area contributed by atoms with Crippen LogP contribution in [-0.2, 0) is 6.54 Å². The van der Waals surface area contributed by atoms with Crippen molar-refractivity contribution in [2.24, 2.45) is 0 Å². The maximum Gasteiger partial charge on any atom is 0.261 e. The van der Waals surface area contributed by atoms with Gasteiger partial charge in [-0.1, -0.05) is 28.9 Å². The number of carbonyl (C=O) groups is 1. The average molecular weight is 395 g/mol. The van der Waals surface area contributed by atoms with Gasteiger partial charge in [0.05, 0.1) is 22.7 Å². The van der Waals surface area contributed by atoms with Crippen LogP contribution in [0.5, 0.6) is 0 Å². The van der Waals surface area contributed by atoms with Gasteiger partial charge in [0, 0.05) is 12.1 Å². The predicted molar refractivity (Wildman–Crippen MR) is 101 cm³/mol. The second-order valence-corrected chi connectivity index (χ2v) is 7.03. The second kappa shape index (κ2) is 6.72. The van der Waals surface area contributed by atoms with E-state index in [1.165, 1.54) is 0 Å². The molecular formula is C19H15ClN6O2. The van der Waals surface area contributed by atoms with E-state index in [1.54, 1.807) is 28.7 Å². The van der Waals surface area contributed by atoms with Gasteiger partial charge >= 0.3 is 0 Å². The molecule has 1 N–H and O–H groups in total. The number of benzene rings is 1. The molecule has 0 unspecified atom stereocenters. The minimum atomic E-state index is -0.274. The first-order chi connectivity index (χ1) is 13.7. The summed E-state index contributed by atoms with van der Waals surface area (Å²) in [7, 11) is 0. The van der Waals surface area contributed by atoms with E-state index in [9.17, 15) is 4.79 Å². The van der Waals surface area contributed by atoms with Crippen molar-refractivity contribution in [3.63, 3.8) is 0 Å². The van der Waals surface area contributed by atoms with Crippen molar-refractivity contribution in [3.8, 4) is 11.5 Å². The second-order valence-electron chi connectivity index (χ2n) is 6.63. The van der Waals surface area contributed by atoms with Crippen molar-refractivity contribution in [2.45, 2.75) is 25.3 Å². The summed E-state index contributed by atoms with van der Waals surface area (Å²) in [5.74, 6) is 1.88. The van der Waals surface area contributed by atoms with Crippen molar-refractivity contribution in [1.82, 2.24) is 30.1 Å². The van der Waals surface area contributed by atoms with E-state index in [1.807, 2.05) is 18.3 Å². The lowest BCUT2D eigenvalue weighted by atomic mass is 10.2. The SMILES string of the molecule is O=C(NCc1nnc2c(-c3nc(C4CC4)no3)cccn12)c1ccccc1Cl. The molecule has 1 saturated carbocycles. The zero-order valence-electron chi connectivity index (χ0n) is 14.7. The van der Waals surface area contributed by atoms with Crippen LogP contribution in [0, 0.1) is 0 Å². The van der Waals surface area contributed by atoms with Gasteiger partial charge in [0.2, 0.25) is 0 Å². The summed E-state index contributed by atoms with van der Waals surface area (Å²) in [4.78, 5) is 16.9. The maximum atomic E-state index is 12.4. The normalized spacial score (nSPS) is 13.8. The van der Waals surface area contributed by atoms with E-state index in [-0.39, 0.29) is 12.5 Å². The number of hydrogen-bond acceptors (Lipinski definition) is 6. The fourth-order valence-electron chi connectivity index (χ4n) is 3.00. The van der Waals surface area contributed by atoms with E-state index < -0.39 is 0 Å². The maximum absolute atomic E-state index is 12.4. The monoisotopic (exact) mass is 394 g/mol. The Labute approximate surface area is 164 Å². The predicted octanol–water partition coefficient (Wildman–Crippen LogP) is 3.24. The molecule has 0 atom stereocenters. The van der Waals surface area contributed by atoms with Gasteiger partial charge in [0.25, 0.3) is 11.8 Å². The largest absolute Gasteiger partial charge is 0.345 e. The smallest absolute Gasteiger partial charge is 0.261 e. The Hall–Kier alpha value is -3.26. The molecule has 3 aromatic heterocycles. The summed E-state index contributed by atoms with van der Waals surface area (Å²) in [6.07, 6.45) is 4.03. The lowest BCUT2D eigenvalue weighted by Gasteiger charge is -2.06. The summed E-state index contributed by atoms with van der Waals surface area (Å²) in [6, 6.07) is 10.6. The number of carbonyl (C=O) groups excluding carboxylic acids is 1. The van der Waals surface area contributed by atoms with E-state index >= 15 is 0 Å². The summed E-state index contributed by atoms with van der Waals surface area (Å²) in [5.41, 5.74) is 1.71. The van der Waals surface area contributed by atoms with Crippen molar-refractivity contribution in [1.29, 1.82) is 0 Å². The molecule has 8 nitrogen and oxygen atoms in total. The van der Waals surface area contributed by atoms with Gasteiger partial charge in [0.15, 0.2) is 17.3 Å². The van der Waals surface area contributed by atoms with Crippen LogP contribution in [0.3, 0.4) is 0 Å². The van der Waals surface area contributed by atoms with E-state index in [0.717, 1.165) is 18.7 Å². The molecule has 0 bridgehead atoms. The van der Waals surface area contributed by atoms with Crippen molar-refractivity contribution >= 4 is 23.2 Å². The van der Waals surface area contributed by atoms with E-state index in [2.05, 4.69) is 25.7 Å². The van der Waals surface area contributed by atoms with Crippen molar-refractivity contribution in [2.75, 3.05) is 0 Å². The molecule has 1 aliphatic carbocycles. The number of halogens is 1. The van der Waals surface area contributed by atoms with Gasteiger partial charge < -0.3 is 9.84 Å². The minimum absolute atomic E-state index is 0.200. The minimum Gasteiger partial charge on any atom is -0.345 e. The topological polar surface area (TPSA) is 98.2 Å². The number of hydrogen-bond donors (Lipinski definition) is 1. The lowest BCUT2D eigenvalue weighted by molar-refractivity contribution is 0.0950. The fourth-order valence-corrected chi connectivity index (χ4v) is 3.22. The highest BCUT2D eigenvalue weighted by molar-refractivity contribution is 6.33. The molecule has 0 spiro atoms. The molecule has 28 heavy (non-hydrogen) atoms. The molecule has 0 saturated heterocycles. The van der Waals surface area contributed by atoms with Gasteiger partial charge in [-0.2, -0.15) is 4.98 Å². The summed E-state index contributed by atoms with van der Waals surface area (Å²) in [5, 5.41) is 15.7. The zero-order chi connectivity index (χ0) is 19.1. The third kappa shape index (κ3) is 3.01. The Balaban J connectivity index is 1.40. The van der Waals surface area contributed by atoms with Gasteiger partial charge in [-0.05, 0) is 37.1 Å². The molecule has 5 rings (SSSR count). The Morgan fingerprint density at radius 2 is 2.07 bits per heavy atom. The fraction of sp³-hybridized carbons (Fsp3) is 0.211. The van der Waals surface area contributed by atoms with Crippen LogP contribution in [0.4, 0.5) is 0 Å². The Kier molecular flexibility index (Phi) is 4.05. The molecule has 140 valence electrons. The third-order valence-electron chi connectivity index (χ3n) is 4.65. The number of pyridine rings is 1. The molecule has 0 radical (unpaired) electrons. The van der Waals surface area contributed by atoms with E-state index in [0.29, 0.717) is 39.4 Å². The van der Waals surface area contributed by atoms with E-state index in [4.69, 9.17) is 16.1 Å². The van der Waals surface area contributed by atoms with Crippen LogP contribution in [0.25, 0.3) is 17.1 Å². The zero-order valence-corrected chi connectivity index (χ0v) is 15.4. The highest BCUT2D eigenvalue weighted by Crippen LogP contribution is 2.39. The standard InChI is InChI=1S/C19H15ClN6O2/c20-14-6-2-1-4-12(14)18(27)21-10-15-23-24-17-13(5-3-9-26(15)17)19-22-16(25-28-19)11-7-8-11/h1-6,9,11H,7-8,10H2,(H,21,27). The molecule has 1 aromatic carbocycles. The third-order valence-corrected chi connectivity index (χ3v) is 4.98. The van der Waals surface area contributed by atoms with Crippen LogP contribution in [0.2, 0.25) is 5.02 Å². The first-order valence-electron chi connectivity index (χ1n) is 8.90. The average Bonchev–Trinajstić information content (AvgIpc) is 3.30. The highest BCUT2D eigenvalue weighted by Gasteiger charge is 2.29. The lowest BCUT2D eigenvalue weighted by Crippen LogP contribution is -2.24. The quantitative estimate of drug-likeness (QED) is 0.558. The van der Waals surface area contributed by atoms with Crippen molar-refractivity contribution in [3.05, 3.63) is 64.8 Å². The number of nitrogens with one attached hydrogen (secondary N) is 1. The number of rotatable bonds is 5. The van der Waals surface area contributed by atoms with Gasteiger partial charge in [-0.25, -0.2) is 0 Å². The summed E-state index contributed by atoms with van der Waals surface area (Å²) >= 11 is 6.07. The number of aromatic nitrogens is 5. The van der Waals surface area contributed by atoms with Gasteiger partial charge in [-0.15, -0.1) is 10.2 Å². The molecule has 4 aromatic rings. The number of fused-ring (bicyclic) bond motifs is 1. The first kappa shape index (κ1) is 16.9. The summed E-state index contributed by atoms with van der Waals surface area (Å²) < 4.78 is 7.21. The van der Waals surface area contributed by atoms with Crippen LogP contribution in [-0.4, -0.2) is 30.6 Å². The number of amides is 1. The molecular weight excluding hydrogens is 380 g/mol. The molecule has 0 aliphatic heterocycles. The van der Waals surface area contributed by atoms with Crippen LogP contribution < -0.4 is 5.32 Å². The Morgan fingerprint density at radius 1 is 1.21 bits per heavy atom. The van der Waals surface area contributed by atoms with Gasteiger partial charge in [-0.3, -0.25) is 9.20 Å². The van der Waals surface area contributed by atoms with Crippen LogP contribution in [0.15, 0.2) is 47.1 Å². The first-order valence-corrected chi connectivity index (χ1v) is 9.28. The Morgan fingerprint density at radius 3 is 2.89 bits per heavy atom. The molecule has 9 heteroatoms. The van der Waals surface area contributed by atoms with Gasteiger partial charge in [0.1, 0.15) is 0 Å². The molecule has 1 amide bonds. The van der Waals surface area contributed by atoms with Crippen molar-refractivity contribution < 1.29 is 9.32 Å². The number of nitrogens with zero attached hydrogens (tertiary/aromatic N) is 5. The molecule has 1 aliphatic rings. The highest BCUT2D eigenvalue weighted by atomic mass is 35.5. The molecule has 1 fully saturated rings. The Bertz CT molecular complexity index is 1180. The molecule has 3 heterocycles. The van der Waals surface area contributed by atoms with Crippen LogP contribution >= 0.6 is 11.6 Å².